The predicted octanol–water partition coefficient (Wildman–Crippen LogP) is 3.57. The Morgan fingerprint density at radius 1 is 1.31 bits per heavy atom. The Bertz CT molecular complexity index is 500. The van der Waals surface area contributed by atoms with Gasteiger partial charge in [0.15, 0.2) is 0 Å². The molecule has 1 fully saturated rings. The molecule has 0 aliphatic heterocycles. The van der Waals surface area contributed by atoms with Crippen LogP contribution in [0.5, 0.6) is 0 Å². The number of fused-ring (bicyclic) bond motifs is 1. The highest BCUT2D eigenvalue weighted by atomic mass is 35.5. The smallest absolute Gasteiger partial charge is 0.201 e. The summed E-state index contributed by atoms with van der Waals surface area (Å²) < 4.78 is 0. The second-order valence-corrected chi connectivity index (χ2v) is 4.81. The molecule has 0 radical (unpaired) electrons. The van der Waals surface area contributed by atoms with E-state index >= 15 is 0 Å². The summed E-state index contributed by atoms with van der Waals surface area (Å²) in [5.74, 6) is 0.865. The lowest BCUT2D eigenvalue weighted by atomic mass is 10.3. The molecule has 2 aromatic rings. The molecule has 0 bridgehead atoms. The lowest BCUT2D eigenvalue weighted by molar-refractivity contribution is 0.747. The van der Waals surface area contributed by atoms with Crippen LogP contribution in [0.15, 0.2) is 18.2 Å². The standard InChI is InChI=1S/C12H14ClN3/c13-8-5-6-10-11(7-8)16-12(15-10)14-9-3-1-2-4-9/h5-7,9H,1-4H2,(H2,14,15,16). The highest BCUT2D eigenvalue weighted by Crippen LogP contribution is 2.23. The van der Waals surface area contributed by atoms with Gasteiger partial charge in [0.2, 0.25) is 5.95 Å². The van der Waals surface area contributed by atoms with Crippen LogP contribution in [-0.4, -0.2) is 16.0 Å². The average Bonchev–Trinajstić information content (AvgIpc) is 2.86. The quantitative estimate of drug-likeness (QED) is 0.836. The third-order valence-corrected chi connectivity index (χ3v) is 3.38. The molecule has 0 amide bonds. The molecule has 0 spiro atoms. The number of anilines is 1. The van der Waals surface area contributed by atoms with Crippen LogP contribution in [0.3, 0.4) is 0 Å². The summed E-state index contributed by atoms with van der Waals surface area (Å²) in [7, 11) is 0. The number of rotatable bonds is 2. The molecule has 0 atom stereocenters. The van der Waals surface area contributed by atoms with Crippen molar-refractivity contribution >= 4 is 28.6 Å². The van der Waals surface area contributed by atoms with Crippen LogP contribution in [0, 0.1) is 0 Å². The molecule has 84 valence electrons. The van der Waals surface area contributed by atoms with Crippen molar-refractivity contribution in [3.8, 4) is 0 Å². The number of halogens is 1. The van der Waals surface area contributed by atoms with Gasteiger partial charge in [-0.1, -0.05) is 24.4 Å². The van der Waals surface area contributed by atoms with Crippen molar-refractivity contribution in [1.82, 2.24) is 9.97 Å². The number of benzene rings is 1. The fraction of sp³-hybridized carbons (Fsp3) is 0.417. The van der Waals surface area contributed by atoms with E-state index in [-0.39, 0.29) is 0 Å². The van der Waals surface area contributed by atoms with E-state index in [1.165, 1.54) is 25.7 Å². The molecule has 1 heterocycles. The fourth-order valence-corrected chi connectivity index (χ4v) is 2.49. The van der Waals surface area contributed by atoms with Gasteiger partial charge in [0, 0.05) is 11.1 Å². The Hall–Kier alpha value is -1.22. The summed E-state index contributed by atoms with van der Waals surface area (Å²) in [5, 5.41) is 4.18. The summed E-state index contributed by atoms with van der Waals surface area (Å²) >= 11 is 5.93. The molecule has 1 aliphatic rings. The summed E-state index contributed by atoms with van der Waals surface area (Å²) in [6.45, 7) is 0. The topological polar surface area (TPSA) is 40.7 Å². The van der Waals surface area contributed by atoms with Crippen molar-refractivity contribution in [2.45, 2.75) is 31.7 Å². The molecule has 3 rings (SSSR count). The van der Waals surface area contributed by atoms with Gasteiger partial charge in [-0.25, -0.2) is 4.98 Å². The Morgan fingerprint density at radius 2 is 2.12 bits per heavy atom. The number of H-pyrrole nitrogens is 1. The first-order chi connectivity index (χ1) is 7.81. The van der Waals surface area contributed by atoms with Gasteiger partial charge >= 0.3 is 0 Å². The monoisotopic (exact) mass is 235 g/mol. The summed E-state index contributed by atoms with van der Waals surface area (Å²) in [6, 6.07) is 6.29. The van der Waals surface area contributed by atoms with Crippen LogP contribution in [-0.2, 0) is 0 Å². The summed E-state index contributed by atoms with van der Waals surface area (Å²) in [4.78, 5) is 7.75. The molecule has 1 aromatic heterocycles. The molecular formula is C12H14ClN3. The highest BCUT2D eigenvalue weighted by molar-refractivity contribution is 6.31. The number of aromatic nitrogens is 2. The first kappa shape index (κ1) is 9.97. The maximum atomic E-state index is 5.93. The fourth-order valence-electron chi connectivity index (χ4n) is 2.31. The number of hydrogen-bond acceptors (Lipinski definition) is 2. The minimum atomic E-state index is 0.580. The predicted molar refractivity (Wildman–Crippen MR) is 67.0 cm³/mol. The minimum Gasteiger partial charge on any atom is -0.353 e. The highest BCUT2D eigenvalue weighted by Gasteiger charge is 2.15. The molecule has 4 heteroatoms. The number of hydrogen-bond donors (Lipinski definition) is 2. The van der Waals surface area contributed by atoms with Crippen LogP contribution < -0.4 is 5.32 Å². The Morgan fingerprint density at radius 3 is 2.94 bits per heavy atom. The molecule has 1 aliphatic carbocycles. The maximum Gasteiger partial charge on any atom is 0.201 e. The van der Waals surface area contributed by atoms with Crippen LogP contribution in [0.4, 0.5) is 5.95 Å². The second-order valence-electron chi connectivity index (χ2n) is 4.37. The van der Waals surface area contributed by atoms with Crippen molar-refractivity contribution in [1.29, 1.82) is 0 Å². The summed E-state index contributed by atoms with van der Waals surface area (Å²) in [6.07, 6.45) is 5.14. The van der Waals surface area contributed by atoms with Crippen LogP contribution >= 0.6 is 11.6 Å². The normalized spacial score (nSPS) is 17.1. The largest absolute Gasteiger partial charge is 0.353 e. The van der Waals surface area contributed by atoms with E-state index < -0.39 is 0 Å². The minimum absolute atomic E-state index is 0.580. The first-order valence-electron chi connectivity index (χ1n) is 5.73. The van der Waals surface area contributed by atoms with E-state index in [1.54, 1.807) is 0 Å². The van der Waals surface area contributed by atoms with Gasteiger partial charge in [-0.05, 0) is 31.0 Å². The van der Waals surface area contributed by atoms with Gasteiger partial charge in [-0.3, -0.25) is 0 Å². The van der Waals surface area contributed by atoms with E-state index in [0.717, 1.165) is 22.0 Å². The zero-order chi connectivity index (χ0) is 11.0. The molecule has 1 aromatic carbocycles. The molecular weight excluding hydrogens is 222 g/mol. The van der Waals surface area contributed by atoms with Crippen LogP contribution in [0.2, 0.25) is 5.02 Å². The zero-order valence-corrected chi connectivity index (χ0v) is 9.72. The molecule has 0 unspecified atom stereocenters. The number of imidazole rings is 1. The van der Waals surface area contributed by atoms with Gasteiger partial charge in [0.05, 0.1) is 11.0 Å². The van der Waals surface area contributed by atoms with Gasteiger partial charge in [0.25, 0.3) is 0 Å². The molecule has 16 heavy (non-hydrogen) atoms. The lowest BCUT2D eigenvalue weighted by Gasteiger charge is -2.09. The molecule has 3 nitrogen and oxygen atoms in total. The van der Waals surface area contributed by atoms with Gasteiger partial charge < -0.3 is 10.3 Å². The van der Waals surface area contributed by atoms with E-state index in [9.17, 15) is 0 Å². The van der Waals surface area contributed by atoms with Crippen molar-refractivity contribution in [3.05, 3.63) is 23.2 Å². The van der Waals surface area contributed by atoms with Crippen molar-refractivity contribution in [3.63, 3.8) is 0 Å². The first-order valence-corrected chi connectivity index (χ1v) is 6.11. The third kappa shape index (κ3) is 1.87. The second kappa shape index (κ2) is 3.98. The van der Waals surface area contributed by atoms with Crippen LogP contribution in [0.25, 0.3) is 11.0 Å². The van der Waals surface area contributed by atoms with E-state index in [4.69, 9.17) is 11.6 Å². The number of nitrogens with one attached hydrogen (secondary N) is 2. The van der Waals surface area contributed by atoms with Crippen LogP contribution in [0.1, 0.15) is 25.7 Å². The Labute approximate surface area is 99.2 Å². The van der Waals surface area contributed by atoms with E-state index in [1.807, 2.05) is 18.2 Å². The van der Waals surface area contributed by atoms with E-state index in [0.29, 0.717) is 6.04 Å². The SMILES string of the molecule is Clc1ccc2nc(NC3CCCC3)[nH]c2c1. The Kier molecular flexibility index (Phi) is 2.48. The molecule has 0 saturated heterocycles. The third-order valence-electron chi connectivity index (χ3n) is 3.14. The van der Waals surface area contributed by atoms with Crippen molar-refractivity contribution in [2.75, 3.05) is 5.32 Å². The van der Waals surface area contributed by atoms with Crippen molar-refractivity contribution < 1.29 is 0 Å². The summed E-state index contributed by atoms with van der Waals surface area (Å²) in [5.41, 5.74) is 1.96. The zero-order valence-electron chi connectivity index (χ0n) is 8.96. The number of aromatic amines is 1. The average molecular weight is 236 g/mol. The number of nitrogens with zero attached hydrogens (tertiary/aromatic N) is 1. The van der Waals surface area contributed by atoms with Gasteiger partial charge in [0.1, 0.15) is 0 Å². The van der Waals surface area contributed by atoms with Gasteiger partial charge in [-0.2, -0.15) is 0 Å². The molecule has 2 N–H and O–H groups in total. The Balaban J connectivity index is 1.86. The van der Waals surface area contributed by atoms with Crippen molar-refractivity contribution in [2.24, 2.45) is 0 Å². The lowest BCUT2D eigenvalue weighted by Crippen LogP contribution is -2.15. The van der Waals surface area contributed by atoms with E-state index in [2.05, 4.69) is 15.3 Å². The maximum absolute atomic E-state index is 5.93. The molecule has 1 saturated carbocycles. The van der Waals surface area contributed by atoms with Gasteiger partial charge in [-0.15, -0.1) is 0 Å².